The molecule has 0 aromatic carbocycles. The summed E-state index contributed by atoms with van der Waals surface area (Å²) in [7, 11) is -3.54. The van der Waals surface area contributed by atoms with Gasteiger partial charge in [0.15, 0.2) is 0 Å². The van der Waals surface area contributed by atoms with Crippen molar-refractivity contribution in [3.05, 3.63) is 0 Å². The van der Waals surface area contributed by atoms with E-state index in [1.165, 1.54) is 0 Å². The third-order valence-electron chi connectivity index (χ3n) is 1.85. The van der Waals surface area contributed by atoms with Crippen LogP contribution in [0.5, 0.6) is 0 Å². The first kappa shape index (κ1) is 10.2. The van der Waals surface area contributed by atoms with Crippen LogP contribution in [0.15, 0.2) is 0 Å². The molecule has 0 saturated heterocycles. The molecule has 0 radical (unpaired) electrons. The standard InChI is InChI=1S/C6H13O5P/c1-12(8,9)11-10-5-6(4-7)2-3-6/h7H,2-5H2,1H3,(H,8,9). The Morgan fingerprint density at radius 2 is 2.17 bits per heavy atom. The zero-order chi connectivity index (χ0) is 9.24. The van der Waals surface area contributed by atoms with Crippen LogP contribution in [-0.2, 0) is 14.1 Å². The molecule has 2 N–H and O–H groups in total. The highest BCUT2D eigenvalue weighted by molar-refractivity contribution is 7.51. The predicted octanol–water partition coefficient (Wildman–Crippen LogP) is 0.522. The van der Waals surface area contributed by atoms with Crippen LogP contribution in [0.25, 0.3) is 0 Å². The second-order valence-corrected chi connectivity index (χ2v) is 5.05. The van der Waals surface area contributed by atoms with Crippen molar-refractivity contribution in [3.8, 4) is 0 Å². The van der Waals surface area contributed by atoms with E-state index in [9.17, 15) is 4.57 Å². The highest BCUT2D eigenvalue weighted by atomic mass is 31.2. The molecule has 0 bridgehead atoms. The summed E-state index contributed by atoms with van der Waals surface area (Å²) in [5.74, 6) is 0. The van der Waals surface area contributed by atoms with E-state index in [0.29, 0.717) is 0 Å². The molecule has 1 aliphatic rings. The summed E-state index contributed by atoms with van der Waals surface area (Å²) in [5, 5.41) is 8.82. The van der Waals surface area contributed by atoms with Crippen LogP contribution < -0.4 is 0 Å². The Hall–Kier alpha value is 0.0700. The Morgan fingerprint density at radius 1 is 1.58 bits per heavy atom. The maximum Gasteiger partial charge on any atom is 0.352 e. The molecule has 0 aromatic rings. The Labute approximate surface area is 70.8 Å². The minimum absolute atomic E-state index is 0.0375. The minimum atomic E-state index is -3.54. The Balaban J connectivity index is 2.15. The molecule has 0 aliphatic heterocycles. The van der Waals surface area contributed by atoms with E-state index in [2.05, 4.69) is 9.56 Å². The van der Waals surface area contributed by atoms with Gasteiger partial charge >= 0.3 is 7.60 Å². The molecule has 6 heteroatoms. The Kier molecular flexibility index (Phi) is 2.91. The lowest BCUT2D eigenvalue weighted by atomic mass is 10.1. The third-order valence-corrected chi connectivity index (χ3v) is 2.23. The van der Waals surface area contributed by atoms with Gasteiger partial charge in [0.25, 0.3) is 0 Å². The molecule has 1 atom stereocenters. The average Bonchev–Trinajstić information content (AvgIpc) is 2.67. The predicted molar refractivity (Wildman–Crippen MR) is 41.5 cm³/mol. The lowest BCUT2D eigenvalue weighted by molar-refractivity contribution is -0.227. The van der Waals surface area contributed by atoms with E-state index >= 15 is 0 Å². The summed E-state index contributed by atoms with van der Waals surface area (Å²) in [5.41, 5.74) is -0.213. The topological polar surface area (TPSA) is 76.0 Å². The van der Waals surface area contributed by atoms with Crippen molar-refractivity contribution >= 4 is 7.60 Å². The normalized spacial score (nSPS) is 24.9. The molecule has 72 valence electrons. The molecule has 0 spiro atoms. The molecule has 1 aliphatic carbocycles. The molecule has 1 unspecified atom stereocenters. The first-order valence-corrected chi connectivity index (χ1v) is 5.72. The van der Waals surface area contributed by atoms with Crippen molar-refractivity contribution in [1.82, 2.24) is 0 Å². The lowest BCUT2D eigenvalue weighted by Gasteiger charge is -2.11. The SMILES string of the molecule is CP(=O)(O)OOCC1(CO)CC1. The van der Waals surface area contributed by atoms with Gasteiger partial charge in [-0.1, -0.05) is 0 Å². The van der Waals surface area contributed by atoms with E-state index in [1.807, 2.05) is 0 Å². The van der Waals surface area contributed by atoms with Crippen LogP contribution >= 0.6 is 7.60 Å². The Morgan fingerprint density at radius 3 is 2.50 bits per heavy atom. The third kappa shape index (κ3) is 3.21. The highest BCUT2D eigenvalue weighted by Crippen LogP contribution is 2.46. The van der Waals surface area contributed by atoms with Crippen molar-refractivity contribution in [3.63, 3.8) is 0 Å². The average molecular weight is 196 g/mol. The number of hydrogen-bond donors (Lipinski definition) is 2. The second-order valence-electron chi connectivity index (χ2n) is 3.30. The largest absolute Gasteiger partial charge is 0.396 e. The molecule has 5 nitrogen and oxygen atoms in total. The van der Waals surface area contributed by atoms with E-state index < -0.39 is 7.60 Å². The van der Waals surface area contributed by atoms with Gasteiger partial charge in [-0.25, -0.2) is 4.89 Å². The van der Waals surface area contributed by atoms with Crippen molar-refractivity contribution in [2.24, 2.45) is 5.41 Å². The van der Waals surface area contributed by atoms with Crippen LogP contribution in [0.3, 0.4) is 0 Å². The van der Waals surface area contributed by atoms with Gasteiger partial charge in [0.1, 0.15) is 0 Å². The molecule has 12 heavy (non-hydrogen) atoms. The Bertz CT molecular complexity index is 194. The first-order chi connectivity index (χ1) is 5.47. The first-order valence-electron chi connectivity index (χ1n) is 3.70. The van der Waals surface area contributed by atoms with Gasteiger partial charge in [-0.3, -0.25) is 4.57 Å². The lowest BCUT2D eigenvalue weighted by Crippen LogP contribution is -2.14. The summed E-state index contributed by atoms with van der Waals surface area (Å²) in [6, 6.07) is 0. The van der Waals surface area contributed by atoms with E-state index in [0.717, 1.165) is 19.5 Å². The molecule has 0 amide bonds. The molecule has 1 fully saturated rings. The van der Waals surface area contributed by atoms with Crippen LogP contribution in [0.4, 0.5) is 0 Å². The summed E-state index contributed by atoms with van der Waals surface area (Å²) in [6.45, 7) is 1.27. The molecule has 0 heterocycles. The van der Waals surface area contributed by atoms with Gasteiger partial charge in [-0.2, -0.15) is 0 Å². The maximum atomic E-state index is 10.6. The number of aliphatic hydroxyl groups excluding tert-OH is 1. The second kappa shape index (κ2) is 3.44. The van der Waals surface area contributed by atoms with Gasteiger partial charge in [0, 0.05) is 12.1 Å². The zero-order valence-corrected chi connectivity index (χ0v) is 7.79. The van der Waals surface area contributed by atoms with Crippen molar-refractivity contribution in [2.75, 3.05) is 19.9 Å². The van der Waals surface area contributed by atoms with Gasteiger partial charge in [0.05, 0.1) is 13.2 Å². The number of aliphatic hydroxyl groups is 1. The fourth-order valence-electron chi connectivity index (χ4n) is 0.774. The van der Waals surface area contributed by atoms with Crippen LogP contribution in [0, 0.1) is 5.41 Å². The number of hydrogen-bond acceptors (Lipinski definition) is 4. The van der Waals surface area contributed by atoms with Gasteiger partial charge in [0.2, 0.25) is 0 Å². The van der Waals surface area contributed by atoms with Gasteiger partial charge < -0.3 is 10.00 Å². The van der Waals surface area contributed by atoms with Crippen molar-refractivity contribution < 1.29 is 24.1 Å². The van der Waals surface area contributed by atoms with Crippen LogP contribution in [0.1, 0.15) is 12.8 Å². The minimum Gasteiger partial charge on any atom is -0.396 e. The molecular formula is C6H13O5P. The van der Waals surface area contributed by atoms with Crippen molar-refractivity contribution in [1.29, 1.82) is 0 Å². The van der Waals surface area contributed by atoms with E-state index in [1.54, 1.807) is 0 Å². The summed E-state index contributed by atoms with van der Waals surface area (Å²) in [4.78, 5) is 13.2. The highest BCUT2D eigenvalue weighted by Gasteiger charge is 2.43. The summed E-state index contributed by atoms with van der Waals surface area (Å²) < 4.78 is 14.8. The molecule has 1 saturated carbocycles. The molecular weight excluding hydrogens is 183 g/mol. The monoisotopic (exact) mass is 196 g/mol. The van der Waals surface area contributed by atoms with Crippen LogP contribution in [-0.4, -0.2) is 29.9 Å². The molecule has 1 rings (SSSR count). The van der Waals surface area contributed by atoms with Gasteiger partial charge in [-0.05, 0) is 12.8 Å². The number of rotatable bonds is 5. The fraction of sp³-hybridized carbons (Fsp3) is 1.00. The summed E-state index contributed by atoms with van der Waals surface area (Å²) >= 11 is 0. The van der Waals surface area contributed by atoms with E-state index in [-0.39, 0.29) is 18.6 Å². The summed E-state index contributed by atoms with van der Waals surface area (Å²) in [6.07, 6.45) is 1.76. The molecule has 0 aromatic heterocycles. The van der Waals surface area contributed by atoms with Crippen LogP contribution in [0.2, 0.25) is 0 Å². The van der Waals surface area contributed by atoms with Gasteiger partial charge in [-0.15, -0.1) is 4.67 Å². The van der Waals surface area contributed by atoms with Crippen molar-refractivity contribution in [2.45, 2.75) is 12.8 Å². The quantitative estimate of drug-likeness (QED) is 0.381. The smallest absolute Gasteiger partial charge is 0.352 e. The maximum absolute atomic E-state index is 10.6. The van der Waals surface area contributed by atoms with E-state index in [4.69, 9.17) is 10.00 Å². The fourth-order valence-corrected chi connectivity index (χ4v) is 1.02. The zero-order valence-electron chi connectivity index (χ0n) is 6.89.